The third kappa shape index (κ3) is 9.17. The summed E-state index contributed by atoms with van der Waals surface area (Å²) >= 11 is 0. The molecule has 2 aliphatic rings. The fraction of sp³-hybridized carbons (Fsp3) is 0.387. The van der Waals surface area contributed by atoms with Crippen LogP contribution in [-0.2, 0) is 12.8 Å². The molecule has 0 N–H and O–H groups in total. The van der Waals surface area contributed by atoms with Gasteiger partial charge in [-0.3, -0.25) is 19.2 Å². The predicted octanol–water partition coefficient (Wildman–Crippen LogP) is 16.0. The topological polar surface area (TPSA) is 122 Å². The molecule has 4 amide bonds. The summed E-state index contributed by atoms with van der Waals surface area (Å²) in [4.78, 5) is 60.6. The number of nitrogens with zero attached hydrogens (tertiary/aromatic N) is 4. The number of hydrogen-bond donors (Lipinski definition) is 0. The molecule has 8 heteroatoms. The van der Waals surface area contributed by atoms with Gasteiger partial charge in [0.05, 0.1) is 45.8 Å². The zero-order valence-electron chi connectivity index (χ0n) is 41.1. The number of fused-ring (bicyclic) bond motifs is 2. The van der Waals surface area contributed by atoms with Gasteiger partial charge in [0.15, 0.2) is 0 Å². The lowest BCUT2D eigenvalue weighted by molar-refractivity contribution is 0.0877. The van der Waals surface area contributed by atoms with Crippen molar-refractivity contribution in [2.45, 2.75) is 155 Å². The van der Waals surface area contributed by atoms with Crippen LogP contribution in [-0.4, -0.2) is 23.6 Å². The van der Waals surface area contributed by atoms with Gasteiger partial charge in [0.25, 0.3) is 23.6 Å². The quantitative estimate of drug-likeness (QED) is 0.0257. The number of nitriles is 2. The van der Waals surface area contributed by atoms with Crippen molar-refractivity contribution in [2.75, 3.05) is 9.80 Å². The van der Waals surface area contributed by atoms with E-state index in [2.05, 4.69) is 26.0 Å². The van der Waals surface area contributed by atoms with Gasteiger partial charge in [-0.25, -0.2) is 9.80 Å². The lowest BCUT2D eigenvalue weighted by Gasteiger charge is -2.31. The van der Waals surface area contributed by atoms with Gasteiger partial charge in [-0.15, -0.1) is 0 Å². The number of anilines is 2. The second-order valence-corrected chi connectivity index (χ2v) is 19.8. The maximum Gasteiger partial charge on any atom is 0.266 e. The number of carbonyl (C=O) groups excluding carboxylic acids is 4. The van der Waals surface area contributed by atoms with Crippen LogP contribution in [0.2, 0.25) is 0 Å². The third-order valence-electron chi connectivity index (χ3n) is 15.1. The normalized spacial score (nSPS) is 13.4. The molecule has 7 aromatic rings. The van der Waals surface area contributed by atoms with E-state index in [9.17, 15) is 29.7 Å². The molecule has 0 spiro atoms. The molecule has 70 heavy (non-hydrogen) atoms. The lowest BCUT2D eigenvalue weighted by atomic mass is 9.79. The van der Waals surface area contributed by atoms with Gasteiger partial charge < -0.3 is 0 Å². The maximum absolute atomic E-state index is 14.6. The summed E-state index contributed by atoms with van der Waals surface area (Å²) in [5.41, 5.74) is 4.69. The number of amides is 4. The van der Waals surface area contributed by atoms with E-state index in [0.29, 0.717) is 65.6 Å². The second kappa shape index (κ2) is 21.8. The van der Waals surface area contributed by atoms with Gasteiger partial charge in [-0.2, -0.15) is 10.5 Å². The molecule has 8 nitrogen and oxygen atoms in total. The highest BCUT2D eigenvalue weighted by atomic mass is 16.2. The lowest BCUT2D eigenvalue weighted by Crippen LogP contribution is -2.40. The van der Waals surface area contributed by atoms with Crippen LogP contribution in [0.3, 0.4) is 0 Å². The molecule has 0 aliphatic carbocycles. The van der Waals surface area contributed by atoms with Crippen molar-refractivity contribution in [3.8, 4) is 12.1 Å². The van der Waals surface area contributed by atoms with Crippen LogP contribution in [0, 0.1) is 22.7 Å². The van der Waals surface area contributed by atoms with Gasteiger partial charge >= 0.3 is 0 Å². The highest BCUT2D eigenvalue weighted by molar-refractivity contribution is 6.46. The van der Waals surface area contributed by atoms with Crippen LogP contribution in [0.1, 0.15) is 206 Å². The largest absolute Gasteiger partial charge is 0.268 e. The van der Waals surface area contributed by atoms with Crippen molar-refractivity contribution in [3.05, 3.63) is 129 Å². The predicted molar refractivity (Wildman–Crippen MR) is 283 cm³/mol. The first-order chi connectivity index (χ1) is 34.3. The SMILES string of the molecule is CCCCCCCCCCCCc1ccc(N2C(=O)c3ccc4c5c(C#N)cc6c7c(cc(C#N)c(c8ccc(c3c48)C2=O)c75)C(=O)N(c2ccc(CCCCCCCCCCCC)cc2)C6=O)cc1. The summed E-state index contributed by atoms with van der Waals surface area (Å²) < 4.78 is 0. The van der Waals surface area contributed by atoms with Crippen molar-refractivity contribution >= 4 is 78.1 Å². The molecule has 0 atom stereocenters. The molecule has 0 saturated heterocycles. The van der Waals surface area contributed by atoms with Crippen molar-refractivity contribution in [2.24, 2.45) is 0 Å². The summed E-state index contributed by atoms with van der Waals surface area (Å²) in [7, 11) is 0. The molecule has 9 rings (SSSR count). The molecule has 0 aromatic heterocycles. The van der Waals surface area contributed by atoms with E-state index in [1.165, 1.54) is 120 Å². The van der Waals surface area contributed by atoms with Gasteiger partial charge in [-0.05, 0) is 101 Å². The van der Waals surface area contributed by atoms with Crippen LogP contribution < -0.4 is 9.80 Å². The van der Waals surface area contributed by atoms with Crippen molar-refractivity contribution in [1.82, 2.24) is 0 Å². The van der Waals surface area contributed by atoms with Gasteiger partial charge in [-0.1, -0.05) is 166 Å². The van der Waals surface area contributed by atoms with E-state index in [1.807, 2.05) is 36.4 Å². The zero-order chi connectivity index (χ0) is 48.7. The first-order valence-electron chi connectivity index (χ1n) is 26.3. The van der Waals surface area contributed by atoms with Gasteiger partial charge in [0.1, 0.15) is 0 Å². The van der Waals surface area contributed by atoms with Crippen LogP contribution in [0.15, 0.2) is 84.9 Å². The Kier molecular flexibility index (Phi) is 15.0. The van der Waals surface area contributed by atoms with Crippen LogP contribution in [0.25, 0.3) is 43.1 Å². The molecule has 0 saturated carbocycles. The smallest absolute Gasteiger partial charge is 0.266 e. The van der Waals surface area contributed by atoms with Gasteiger partial charge in [0, 0.05) is 38.1 Å². The van der Waals surface area contributed by atoms with E-state index in [-0.39, 0.29) is 22.3 Å². The first kappa shape index (κ1) is 48.1. The minimum atomic E-state index is -0.544. The summed E-state index contributed by atoms with van der Waals surface area (Å²) in [6, 6.07) is 30.0. The van der Waals surface area contributed by atoms with E-state index in [0.717, 1.165) is 42.6 Å². The third-order valence-corrected chi connectivity index (χ3v) is 15.1. The fourth-order valence-corrected chi connectivity index (χ4v) is 11.4. The number of hydrogen-bond acceptors (Lipinski definition) is 6. The van der Waals surface area contributed by atoms with E-state index in [1.54, 1.807) is 48.5 Å². The van der Waals surface area contributed by atoms with Crippen LogP contribution >= 0.6 is 0 Å². The maximum atomic E-state index is 14.6. The molecule has 7 aromatic carbocycles. The standard InChI is InChI=1S/C62H64N4O4/c1-3-5-7-9-11-13-15-17-19-21-23-41-25-29-45(30-26-41)65-59(67)49-35-33-47-53-43(39-63)37-51-57-52(38-44(40-64)54(58(53)57)48-34-36-50(60(65)68)56(49)55(47)48)62(70)66(61(51)69)46-31-27-42(28-32-46)24-22-20-18-16-14-12-10-8-6-4-2/h25-38H,3-24H2,1-2H3. The van der Waals surface area contributed by atoms with Gasteiger partial charge in [0.2, 0.25) is 0 Å². The number of unbranched alkanes of at least 4 members (excludes halogenated alkanes) is 18. The summed E-state index contributed by atoms with van der Waals surface area (Å²) in [5, 5.41) is 25.7. The summed E-state index contributed by atoms with van der Waals surface area (Å²) in [5.74, 6) is -2.00. The van der Waals surface area contributed by atoms with Crippen LogP contribution in [0.5, 0.6) is 0 Å². The number of imide groups is 2. The fourth-order valence-electron chi connectivity index (χ4n) is 11.4. The highest BCUT2D eigenvalue weighted by Crippen LogP contribution is 2.49. The Hall–Kier alpha value is -6.90. The molecule has 356 valence electrons. The summed E-state index contributed by atoms with van der Waals surface area (Å²) in [6.45, 7) is 4.49. The second-order valence-electron chi connectivity index (χ2n) is 19.8. The number of rotatable bonds is 24. The minimum Gasteiger partial charge on any atom is -0.268 e. The summed E-state index contributed by atoms with van der Waals surface area (Å²) in [6.07, 6.45) is 27.2. The highest BCUT2D eigenvalue weighted by Gasteiger charge is 2.39. The molecule has 2 heterocycles. The van der Waals surface area contributed by atoms with E-state index in [4.69, 9.17) is 0 Å². The van der Waals surface area contributed by atoms with E-state index < -0.39 is 23.6 Å². The molecular formula is C62H64N4O4. The van der Waals surface area contributed by atoms with Crippen molar-refractivity contribution in [1.29, 1.82) is 10.5 Å². The molecule has 0 unspecified atom stereocenters. The Labute approximate surface area is 412 Å². The van der Waals surface area contributed by atoms with Crippen molar-refractivity contribution < 1.29 is 19.2 Å². The first-order valence-corrected chi connectivity index (χ1v) is 26.3. The molecule has 0 fully saturated rings. The number of aryl methyl sites for hydroxylation is 2. The molecular weight excluding hydrogens is 865 g/mol. The minimum absolute atomic E-state index is 0.193. The van der Waals surface area contributed by atoms with E-state index >= 15 is 0 Å². The van der Waals surface area contributed by atoms with Crippen molar-refractivity contribution in [3.63, 3.8) is 0 Å². The number of carbonyl (C=O) groups is 4. The average Bonchev–Trinajstić information content (AvgIpc) is 3.38. The zero-order valence-corrected chi connectivity index (χ0v) is 41.1. The Bertz CT molecular complexity index is 3050. The monoisotopic (exact) mass is 928 g/mol. The molecule has 2 aliphatic heterocycles. The average molecular weight is 929 g/mol. The number of benzene rings is 7. The molecule has 0 radical (unpaired) electrons. The Morgan fingerprint density at radius 2 is 0.686 bits per heavy atom. The molecule has 0 bridgehead atoms. The Morgan fingerprint density at radius 1 is 0.357 bits per heavy atom. The Morgan fingerprint density at radius 3 is 1.04 bits per heavy atom. The van der Waals surface area contributed by atoms with Crippen LogP contribution in [0.4, 0.5) is 11.4 Å². The Balaban J connectivity index is 0.971.